The lowest BCUT2D eigenvalue weighted by Gasteiger charge is -2.36. The monoisotopic (exact) mass is 566 g/mol. The Hall–Kier alpha value is -4.62. The number of rotatable bonds is 9. The van der Waals surface area contributed by atoms with Gasteiger partial charge in [0, 0.05) is 37.0 Å². The minimum Gasteiger partial charge on any atom is -0.456 e. The minimum absolute atomic E-state index is 0.00169. The van der Waals surface area contributed by atoms with E-state index in [1.807, 2.05) is 12.1 Å². The smallest absolute Gasteiger partial charge is 0.308 e. The van der Waals surface area contributed by atoms with Gasteiger partial charge in [0.2, 0.25) is 15.9 Å². The maximum atomic E-state index is 13.6. The Morgan fingerprint density at radius 1 is 0.975 bits per heavy atom. The van der Waals surface area contributed by atoms with Crippen LogP contribution >= 0.6 is 0 Å². The van der Waals surface area contributed by atoms with Crippen molar-refractivity contribution in [2.75, 3.05) is 23.8 Å². The first-order chi connectivity index (χ1) is 19.0. The van der Waals surface area contributed by atoms with Gasteiger partial charge in [-0.25, -0.2) is 8.42 Å². The topological polar surface area (TPSA) is 165 Å². The Morgan fingerprint density at radius 2 is 1.60 bits per heavy atom. The van der Waals surface area contributed by atoms with Gasteiger partial charge in [-0.15, -0.1) is 0 Å². The fourth-order valence-electron chi connectivity index (χ4n) is 4.40. The van der Waals surface area contributed by atoms with Gasteiger partial charge in [0.15, 0.2) is 6.61 Å². The number of hydrogen-bond acceptors (Lipinski definition) is 8. The first kappa shape index (κ1) is 28.4. The average molecular weight is 567 g/mol. The van der Waals surface area contributed by atoms with Crippen LogP contribution in [0.2, 0.25) is 0 Å². The number of ether oxygens (including phenoxy) is 1. The number of esters is 1. The molecule has 0 bridgehead atoms. The molecule has 0 fully saturated rings. The molecular weight excluding hydrogens is 540 g/mol. The van der Waals surface area contributed by atoms with Gasteiger partial charge in [0.1, 0.15) is 0 Å². The number of benzene rings is 3. The average Bonchev–Trinajstić information content (AvgIpc) is 2.92. The van der Waals surface area contributed by atoms with Crippen molar-refractivity contribution in [3.63, 3.8) is 0 Å². The van der Waals surface area contributed by atoms with Crippen LogP contribution in [-0.2, 0) is 35.6 Å². The molecule has 0 aromatic heterocycles. The van der Waals surface area contributed by atoms with Gasteiger partial charge in [-0.05, 0) is 53.9 Å². The SMILES string of the molecule is CC(=O)Nc1ccc(S(=O)(=O)N2CCc3ccccc3C2CC(=O)OCC(=O)Nc2ccc([N+](=O)[O-])cc2)cc1. The number of fused-ring (bicyclic) bond motifs is 1. The molecule has 3 aromatic carbocycles. The second kappa shape index (κ2) is 12.1. The van der Waals surface area contributed by atoms with Gasteiger partial charge >= 0.3 is 5.97 Å². The Balaban J connectivity index is 1.47. The summed E-state index contributed by atoms with van der Waals surface area (Å²) in [7, 11) is -4.04. The van der Waals surface area contributed by atoms with Gasteiger partial charge < -0.3 is 15.4 Å². The number of nitro benzene ring substituents is 1. The normalized spacial score (nSPS) is 15.0. The number of anilines is 2. The van der Waals surface area contributed by atoms with E-state index in [0.717, 1.165) is 5.56 Å². The molecule has 0 radical (unpaired) electrons. The fraction of sp³-hybridized carbons (Fsp3) is 0.222. The number of non-ortho nitro benzene ring substituents is 1. The van der Waals surface area contributed by atoms with Crippen LogP contribution in [0.5, 0.6) is 0 Å². The lowest BCUT2D eigenvalue weighted by molar-refractivity contribution is -0.384. The summed E-state index contributed by atoms with van der Waals surface area (Å²) in [6.45, 7) is 0.853. The molecular formula is C27H26N4O8S. The molecule has 2 N–H and O–H groups in total. The molecule has 1 aliphatic rings. The maximum absolute atomic E-state index is 13.6. The summed E-state index contributed by atoms with van der Waals surface area (Å²) in [4.78, 5) is 46.6. The molecule has 1 heterocycles. The zero-order valence-corrected chi connectivity index (χ0v) is 22.2. The highest BCUT2D eigenvalue weighted by atomic mass is 32.2. The predicted molar refractivity (Wildman–Crippen MR) is 145 cm³/mol. The zero-order valence-electron chi connectivity index (χ0n) is 21.4. The van der Waals surface area contributed by atoms with Crippen LogP contribution in [0.4, 0.5) is 17.1 Å². The highest BCUT2D eigenvalue weighted by Gasteiger charge is 2.38. The van der Waals surface area contributed by atoms with E-state index in [2.05, 4.69) is 10.6 Å². The fourth-order valence-corrected chi connectivity index (χ4v) is 6.01. The van der Waals surface area contributed by atoms with Gasteiger partial charge in [0.25, 0.3) is 11.6 Å². The second-order valence-electron chi connectivity index (χ2n) is 9.00. The van der Waals surface area contributed by atoms with Crippen molar-refractivity contribution >= 4 is 44.9 Å². The summed E-state index contributed by atoms with van der Waals surface area (Å²) in [5.74, 6) is -1.72. The maximum Gasteiger partial charge on any atom is 0.308 e. The molecule has 1 aliphatic heterocycles. The van der Waals surface area contributed by atoms with Crippen LogP contribution in [-0.4, -0.2) is 48.6 Å². The molecule has 1 unspecified atom stereocenters. The third-order valence-electron chi connectivity index (χ3n) is 6.23. The van der Waals surface area contributed by atoms with E-state index in [-0.39, 0.29) is 35.1 Å². The van der Waals surface area contributed by atoms with E-state index in [4.69, 9.17) is 4.74 Å². The molecule has 4 rings (SSSR count). The molecule has 0 spiro atoms. The Morgan fingerprint density at radius 3 is 2.25 bits per heavy atom. The van der Waals surface area contributed by atoms with Crippen molar-refractivity contribution in [1.82, 2.24) is 4.31 Å². The van der Waals surface area contributed by atoms with Gasteiger partial charge in [0.05, 0.1) is 22.3 Å². The third-order valence-corrected chi connectivity index (χ3v) is 8.15. The third kappa shape index (κ3) is 6.68. The van der Waals surface area contributed by atoms with E-state index < -0.39 is 39.5 Å². The van der Waals surface area contributed by atoms with Crippen molar-refractivity contribution in [2.24, 2.45) is 0 Å². The highest BCUT2D eigenvalue weighted by Crippen LogP contribution is 2.36. The molecule has 2 amide bonds. The number of nitrogens with one attached hydrogen (secondary N) is 2. The van der Waals surface area contributed by atoms with Gasteiger partial charge in [-0.1, -0.05) is 24.3 Å². The first-order valence-electron chi connectivity index (χ1n) is 12.2. The molecule has 0 aliphatic carbocycles. The van der Waals surface area contributed by atoms with E-state index in [9.17, 15) is 32.9 Å². The Bertz CT molecular complexity index is 1540. The van der Waals surface area contributed by atoms with Crippen LogP contribution in [0.1, 0.15) is 30.5 Å². The summed E-state index contributed by atoms with van der Waals surface area (Å²) in [6.07, 6.45) is 0.119. The highest BCUT2D eigenvalue weighted by molar-refractivity contribution is 7.89. The van der Waals surface area contributed by atoms with E-state index in [1.165, 1.54) is 59.8 Å². The molecule has 208 valence electrons. The first-order valence-corrected chi connectivity index (χ1v) is 13.7. The number of nitrogens with zero attached hydrogens (tertiary/aromatic N) is 2. The molecule has 0 saturated heterocycles. The van der Waals surface area contributed by atoms with E-state index in [1.54, 1.807) is 12.1 Å². The zero-order chi connectivity index (χ0) is 28.9. The van der Waals surface area contributed by atoms with E-state index in [0.29, 0.717) is 17.7 Å². The largest absolute Gasteiger partial charge is 0.456 e. The minimum atomic E-state index is -4.04. The molecule has 13 heteroatoms. The van der Waals surface area contributed by atoms with Gasteiger partial charge in [-0.2, -0.15) is 4.31 Å². The molecule has 12 nitrogen and oxygen atoms in total. The lowest BCUT2D eigenvalue weighted by Crippen LogP contribution is -2.41. The lowest BCUT2D eigenvalue weighted by atomic mass is 9.92. The predicted octanol–water partition coefficient (Wildman–Crippen LogP) is 3.41. The van der Waals surface area contributed by atoms with Gasteiger partial charge in [-0.3, -0.25) is 24.5 Å². The van der Waals surface area contributed by atoms with Crippen LogP contribution in [0.15, 0.2) is 77.7 Å². The quantitative estimate of drug-likeness (QED) is 0.226. The van der Waals surface area contributed by atoms with Crippen LogP contribution in [0, 0.1) is 10.1 Å². The number of nitro groups is 1. The molecule has 0 saturated carbocycles. The molecule has 1 atom stereocenters. The van der Waals surface area contributed by atoms with Crippen molar-refractivity contribution in [3.05, 3.63) is 94.0 Å². The Kier molecular flexibility index (Phi) is 8.55. The number of amides is 2. The van der Waals surface area contributed by atoms with Crippen LogP contribution < -0.4 is 10.6 Å². The summed E-state index contributed by atoms with van der Waals surface area (Å²) in [5, 5.41) is 15.8. The van der Waals surface area contributed by atoms with Crippen LogP contribution in [0.3, 0.4) is 0 Å². The van der Waals surface area contributed by atoms with Crippen molar-refractivity contribution in [2.45, 2.75) is 30.7 Å². The number of hydrogen-bond donors (Lipinski definition) is 2. The van der Waals surface area contributed by atoms with Crippen molar-refractivity contribution in [1.29, 1.82) is 0 Å². The number of carbonyl (C=O) groups excluding carboxylic acids is 3. The summed E-state index contributed by atoms with van der Waals surface area (Å²) >= 11 is 0. The standard InChI is InChI=1S/C27H26N4O8S/c1-18(32)28-20-8-12-23(13-9-20)40(37,38)30-15-14-19-4-2-3-5-24(19)25(30)16-27(34)39-17-26(33)29-21-6-10-22(11-7-21)31(35)36/h2-13,25H,14-17H2,1H3,(H,28,32)(H,29,33). The van der Waals surface area contributed by atoms with E-state index >= 15 is 0 Å². The summed E-state index contributed by atoms with van der Waals surface area (Å²) in [6, 6.07) is 17.3. The number of carbonyl (C=O) groups is 3. The van der Waals surface area contributed by atoms with Crippen molar-refractivity contribution < 1.29 is 32.5 Å². The summed E-state index contributed by atoms with van der Waals surface area (Å²) < 4.78 is 33.7. The molecule has 3 aromatic rings. The Labute approximate surface area is 230 Å². The van der Waals surface area contributed by atoms with Crippen LogP contribution in [0.25, 0.3) is 0 Å². The van der Waals surface area contributed by atoms with Crippen molar-refractivity contribution in [3.8, 4) is 0 Å². The summed E-state index contributed by atoms with van der Waals surface area (Å²) in [5.41, 5.74) is 2.17. The molecule has 40 heavy (non-hydrogen) atoms. The second-order valence-corrected chi connectivity index (χ2v) is 10.9. The number of sulfonamides is 1.